The number of aliphatic carboxylic acids is 1. The Morgan fingerprint density at radius 3 is 2.73 bits per heavy atom. The third-order valence-corrected chi connectivity index (χ3v) is 1.02. The van der Waals surface area contributed by atoms with Gasteiger partial charge in [-0.25, -0.2) is 4.79 Å². The maximum Gasteiger partial charge on any atom is 0.329 e. The summed E-state index contributed by atoms with van der Waals surface area (Å²) in [5.74, 6) is -0.922. The van der Waals surface area contributed by atoms with E-state index >= 15 is 0 Å². The van der Waals surface area contributed by atoms with Crippen LogP contribution in [0.4, 0.5) is 0 Å². The summed E-state index contributed by atoms with van der Waals surface area (Å²) in [6.45, 7) is 4.99. The molecule has 0 aliphatic carbocycles. The molecule has 0 aromatic heterocycles. The van der Waals surface area contributed by atoms with E-state index in [9.17, 15) is 4.79 Å². The molecule has 11 heavy (non-hydrogen) atoms. The Kier molecular flexibility index (Phi) is 5.78. The molecule has 0 unspecified atom stereocenters. The van der Waals surface area contributed by atoms with Crippen molar-refractivity contribution in [3.8, 4) is 0 Å². The van der Waals surface area contributed by atoms with E-state index in [1.165, 1.54) is 0 Å². The number of hydrogen-bond donors (Lipinski definition) is 2. The highest BCUT2D eigenvalue weighted by molar-refractivity contribution is 5.67. The third-order valence-electron chi connectivity index (χ3n) is 1.02. The molecule has 4 nitrogen and oxygen atoms in total. The molecule has 66 valence electrons. The molecule has 0 aromatic rings. The number of nitrogens with one attached hydrogen (secondary N) is 1. The Hall–Kier alpha value is -0.610. The lowest BCUT2D eigenvalue weighted by atomic mass is 10.4. The van der Waals surface area contributed by atoms with Crippen LogP contribution in [0.1, 0.15) is 13.8 Å². The largest absolute Gasteiger partial charge is 0.480 e. The molecular formula is C7H15NO3. The van der Waals surface area contributed by atoms with Crippen LogP contribution in [-0.2, 0) is 9.53 Å². The van der Waals surface area contributed by atoms with Gasteiger partial charge in [0, 0.05) is 12.6 Å². The van der Waals surface area contributed by atoms with E-state index < -0.39 is 5.97 Å². The number of rotatable bonds is 6. The smallest absolute Gasteiger partial charge is 0.329 e. The minimum absolute atomic E-state index is 0.209. The van der Waals surface area contributed by atoms with Crippen LogP contribution in [-0.4, -0.2) is 36.9 Å². The fraction of sp³-hybridized carbons (Fsp3) is 0.857. The van der Waals surface area contributed by atoms with Gasteiger partial charge in [-0.05, 0) is 0 Å². The summed E-state index contributed by atoms with van der Waals surface area (Å²) in [4.78, 5) is 9.95. The van der Waals surface area contributed by atoms with Gasteiger partial charge < -0.3 is 15.2 Å². The van der Waals surface area contributed by atoms with Crippen LogP contribution >= 0.6 is 0 Å². The summed E-state index contributed by atoms with van der Waals surface area (Å²) in [6.07, 6.45) is 0. The molecule has 4 heteroatoms. The maximum atomic E-state index is 9.95. The average molecular weight is 161 g/mol. The molecule has 0 spiro atoms. The lowest BCUT2D eigenvalue weighted by molar-refractivity contribution is -0.142. The molecule has 0 radical (unpaired) electrons. The highest BCUT2D eigenvalue weighted by Gasteiger charge is 1.95. The minimum Gasteiger partial charge on any atom is -0.480 e. The highest BCUT2D eigenvalue weighted by atomic mass is 16.5. The summed E-state index contributed by atoms with van der Waals surface area (Å²) < 4.78 is 4.78. The second-order valence-electron chi connectivity index (χ2n) is 2.56. The number of carboxylic acid groups (broad SMARTS) is 1. The van der Waals surface area contributed by atoms with Gasteiger partial charge in [-0.15, -0.1) is 0 Å². The van der Waals surface area contributed by atoms with Crippen molar-refractivity contribution < 1.29 is 14.6 Å². The van der Waals surface area contributed by atoms with Crippen molar-refractivity contribution in [1.82, 2.24) is 5.32 Å². The van der Waals surface area contributed by atoms with Crippen molar-refractivity contribution in [3.05, 3.63) is 0 Å². The Bertz CT molecular complexity index is 114. The van der Waals surface area contributed by atoms with Crippen LogP contribution in [0.5, 0.6) is 0 Å². The Balaban J connectivity index is 2.97. The maximum absolute atomic E-state index is 9.95. The van der Waals surface area contributed by atoms with Crippen molar-refractivity contribution in [2.45, 2.75) is 19.9 Å². The van der Waals surface area contributed by atoms with Gasteiger partial charge in [0.15, 0.2) is 0 Å². The first kappa shape index (κ1) is 10.4. The molecule has 0 aliphatic heterocycles. The first-order chi connectivity index (χ1) is 5.13. The fourth-order valence-corrected chi connectivity index (χ4v) is 0.579. The van der Waals surface area contributed by atoms with Crippen LogP contribution in [0.2, 0.25) is 0 Å². The molecule has 0 saturated carbocycles. The summed E-state index contributed by atoms with van der Waals surface area (Å²) in [7, 11) is 0. The van der Waals surface area contributed by atoms with Crippen molar-refractivity contribution >= 4 is 5.97 Å². The van der Waals surface area contributed by atoms with Crippen LogP contribution < -0.4 is 5.32 Å². The van der Waals surface area contributed by atoms with E-state index in [4.69, 9.17) is 9.84 Å². The van der Waals surface area contributed by atoms with Gasteiger partial charge in [0.2, 0.25) is 0 Å². The quantitative estimate of drug-likeness (QED) is 0.542. The number of carboxylic acids is 1. The van der Waals surface area contributed by atoms with E-state index in [2.05, 4.69) is 5.32 Å². The molecule has 0 heterocycles. The van der Waals surface area contributed by atoms with Gasteiger partial charge in [-0.3, -0.25) is 0 Å². The van der Waals surface area contributed by atoms with Crippen LogP contribution in [0, 0.1) is 0 Å². The van der Waals surface area contributed by atoms with Gasteiger partial charge >= 0.3 is 5.97 Å². The second kappa shape index (κ2) is 6.12. The standard InChI is InChI=1S/C7H15NO3/c1-6(2)8-3-4-11-5-7(9)10/h6,8H,3-5H2,1-2H3,(H,9,10). The number of hydrogen-bond acceptors (Lipinski definition) is 3. The van der Waals surface area contributed by atoms with Gasteiger partial charge in [0.05, 0.1) is 6.61 Å². The summed E-state index contributed by atoms with van der Waals surface area (Å²) in [6, 6.07) is 0.420. The van der Waals surface area contributed by atoms with E-state index in [0.717, 1.165) is 0 Å². The van der Waals surface area contributed by atoms with Crippen molar-refractivity contribution in [2.75, 3.05) is 19.8 Å². The molecule has 0 aliphatic rings. The lowest BCUT2D eigenvalue weighted by Crippen LogP contribution is -2.27. The number of ether oxygens (including phenoxy) is 1. The zero-order chi connectivity index (χ0) is 8.69. The van der Waals surface area contributed by atoms with Gasteiger partial charge in [0.25, 0.3) is 0 Å². The van der Waals surface area contributed by atoms with Crippen molar-refractivity contribution in [2.24, 2.45) is 0 Å². The molecule has 0 atom stereocenters. The molecule has 0 saturated heterocycles. The molecule has 0 amide bonds. The predicted molar refractivity (Wildman–Crippen MR) is 41.6 cm³/mol. The summed E-state index contributed by atoms with van der Waals surface area (Å²) >= 11 is 0. The first-order valence-electron chi connectivity index (χ1n) is 3.66. The fourth-order valence-electron chi connectivity index (χ4n) is 0.579. The summed E-state index contributed by atoms with van der Waals surface area (Å²) in [5, 5.41) is 11.3. The van der Waals surface area contributed by atoms with E-state index in [1.54, 1.807) is 0 Å². The molecule has 0 fully saturated rings. The summed E-state index contributed by atoms with van der Waals surface area (Å²) in [5.41, 5.74) is 0. The van der Waals surface area contributed by atoms with Crippen LogP contribution in [0.3, 0.4) is 0 Å². The second-order valence-corrected chi connectivity index (χ2v) is 2.56. The van der Waals surface area contributed by atoms with Gasteiger partial charge in [0.1, 0.15) is 6.61 Å². The van der Waals surface area contributed by atoms with E-state index in [0.29, 0.717) is 19.2 Å². The Morgan fingerprint density at radius 1 is 1.64 bits per heavy atom. The van der Waals surface area contributed by atoms with E-state index in [1.807, 2.05) is 13.8 Å². The SMILES string of the molecule is CC(C)NCCOCC(=O)O. The molecule has 2 N–H and O–H groups in total. The normalized spacial score (nSPS) is 10.5. The Labute approximate surface area is 66.5 Å². The zero-order valence-corrected chi connectivity index (χ0v) is 6.96. The van der Waals surface area contributed by atoms with E-state index in [-0.39, 0.29) is 6.61 Å². The average Bonchev–Trinajstić information content (AvgIpc) is 1.85. The third kappa shape index (κ3) is 9.39. The minimum atomic E-state index is -0.922. The molecule has 0 aromatic carbocycles. The Morgan fingerprint density at radius 2 is 2.27 bits per heavy atom. The van der Waals surface area contributed by atoms with Gasteiger partial charge in [-0.1, -0.05) is 13.8 Å². The van der Waals surface area contributed by atoms with Crippen LogP contribution in [0.25, 0.3) is 0 Å². The van der Waals surface area contributed by atoms with Gasteiger partial charge in [-0.2, -0.15) is 0 Å². The zero-order valence-electron chi connectivity index (χ0n) is 6.96. The van der Waals surface area contributed by atoms with Crippen molar-refractivity contribution in [1.29, 1.82) is 0 Å². The molecule has 0 bridgehead atoms. The highest BCUT2D eigenvalue weighted by Crippen LogP contribution is 1.77. The lowest BCUT2D eigenvalue weighted by Gasteiger charge is -2.06. The number of carbonyl (C=O) groups is 1. The van der Waals surface area contributed by atoms with Crippen LogP contribution in [0.15, 0.2) is 0 Å². The molecular weight excluding hydrogens is 146 g/mol. The molecule has 0 rings (SSSR count). The first-order valence-corrected chi connectivity index (χ1v) is 3.66. The predicted octanol–water partition coefficient (Wildman–Crippen LogP) is 0.0856. The topological polar surface area (TPSA) is 58.6 Å². The van der Waals surface area contributed by atoms with Crippen molar-refractivity contribution in [3.63, 3.8) is 0 Å². The monoisotopic (exact) mass is 161 g/mol.